The van der Waals surface area contributed by atoms with Gasteiger partial charge in [-0.3, -0.25) is 14.6 Å². The summed E-state index contributed by atoms with van der Waals surface area (Å²) in [4.78, 5) is 38.2. The Balaban J connectivity index is 1.63. The fourth-order valence-electron chi connectivity index (χ4n) is 4.13. The van der Waals surface area contributed by atoms with E-state index in [0.717, 1.165) is 48.6 Å². The van der Waals surface area contributed by atoms with E-state index in [1.807, 2.05) is 32.1 Å². The van der Waals surface area contributed by atoms with Crippen LogP contribution in [-0.2, 0) is 16.0 Å². The molecule has 0 radical (unpaired) electrons. The molecule has 0 aliphatic carbocycles. The molecular weight excluding hydrogens is 394 g/mol. The Hall–Kier alpha value is -3.00. The number of amides is 2. The van der Waals surface area contributed by atoms with Gasteiger partial charge in [0.25, 0.3) is 5.91 Å². The normalized spacial score (nSPS) is 25.9. The van der Waals surface area contributed by atoms with Crippen LogP contribution in [0.25, 0.3) is 0 Å². The molecule has 0 spiro atoms. The van der Waals surface area contributed by atoms with Crippen LogP contribution in [0.2, 0.25) is 0 Å². The molecule has 3 aliphatic rings. The molecular formula is C23H29N5O3. The van der Waals surface area contributed by atoms with Crippen molar-refractivity contribution in [3.8, 4) is 0 Å². The zero-order chi connectivity index (χ0) is 21.8. The van der Waals surface area contributed by atoms with Crippen LogP contribution >= 0.6 is 0 Å². The SMILES string of the molecule is CCCC1/N=C(C)/C=C(N2CCCc3cc(C(=O)N4CCOC4)cnc32)\C=C/NC1=O. The van der Waals surface area contributed by atoms with Crippen molar-refractivity contribution < 1.29 is 14.3 Å². The highest BCUT2D eigenvalue weighted by molar-refractivity contribution is 5.97. The van der Waals surface area contributed by atoms with Gasteiger partial charge in [0, 0.05) is 36.9 Å². The number of hydrogen-bond acceptors (Lipinski definition) is 6. The molecule has 1 unspecified atom stereocenters. The van der Waals surface area contributed by atoms with Gasteiger partial charge < -0.3 is 19.9 Å². The molecule has 1 aromatic rings. The molecule has 3 aliphatic heterocycles. The first-order chi connectivity index (χ1) is 15.1. The Morgan fingerprint density at radius 1 is 1.35 bits per heavy atom. The largest absolute Gasteiger partial charge is 0.359 e. The Bertz CT molecular complexity index is 947. The number of aryl methyl sites for hydroxylation is 1. The number of aromatic nitrogens is 1. The van der Waals surface area contributed by atoms with Crippen LogP contribution in [0.3, 0.4) is 0 Å². The average molecular weight is 424 g/mol. The number of hydrogen-bond donors (Lipinski definition) is 1. The van der Waals surface area contributed by atoms with Crippen LogP contribution in [0.5, 0.6) is 0 Å². The number of pyridine rings is 1. The number of carbonyl (C=O) groups excluding carboxylic acids is 2. The summed E-state index contributed by atoms with van der Waals surface area (Å²) >= 11 is 0. The molecule has 0 bridgehead atoms. The van der Waals surface area contributed by atoms with Crippen molar-refractivity contribution in [2.75, 3.05) is 31.3 Å². The fourth-order valence-corrected chi connectivity index (χ4v) is 4.13. The van der Waals surface area contributed by atoms with Gasteiger partial charge in [-0.2, -0.15) is 0 Å². The Labute approximate surface area is 182 Å². The van der Waals surface area contributed by atoms with Gasteiger partial charge in [0.2, 0.25) is 5.91 Å². The molecule has 1 N–H and O–H groups in total. The van der Waals surface area contributed by atoms with Gasteiger partial charge in [-0.1, -0.05) is 13.3 Å². The van der Waals surface area contributed by atoms with Crippen LogP contribution < -0.4 is 10.2 Å². The quantitative estimate of drug-likeness (QED) is 0.804. The van der Waals surface area contributed by atoms with Crippen molar-refractivity contribution in [1.29, 1.82) is 0 Å². The van der Waals surface area contributed by atoms with Crippen LogP contribution in [-0.4, -0.2) is 59.9 Å². The molecule has 1 fully saturated rings. The van der Waals surface area contributed by atoms with E-state index in [1.165, 1.54) is 0 Å². The van der Waals surface area contributed by atoms with Crippen LogP contribution in [0.15, 0.2) is 41.3 Å². The smallest absolute Gasteiger partial charge is 0.257 e. The number of nitrogens with zero attached hydrogens (tertiary/aromatic N) is 4. The predicted molar refractivity (Wildman–Crippen MR) is 119 cm³/mol. The molecule has 4 heterocycles. The lowest BCUT2D eigenvalue weighted by atomic mass is 10.0. The second kappa shape index (κ2) is 9.43. The second-order valence-electron chi connectivity index (χ2n) is 8.05. The van der Waals surface area contributed by atoms with E-state index < -0.39 is 0 Å². The number of rotatable bonds is 4. The summed E-state index contributed by atoms with van der Waals surface area (Å²) in [5.74, 6) is 0.720. The maximum atomic E-state index is 12.7. The highest BCUT2D eigenvalue weighted by Crippen LogP contribution is 2.29. The van der Waals surface area contributed by atoms with E-state index in [0.29, 0.717) is 31.9 Å². The Kier molecular flexibility index (Phi) is 6.46. The fraction of sp³-hybridized carbons (Fsp3) is 0.478. The van der Waals surface area contributed by atoms with E-state index in [9.17, 15) is 9.59 Å². The van der Waals surface area contributed by atoms with Crippen molar-refractivity contribution in [1.82, 2.24) is 15.2 Å². The molecule has 4 rings (SSSR count). The maximum Gasteiger partial charge on any atom is 0.257 e. The number of aliphatic imine (C=N–C) groups is 1. The molecule has 1 atom stereocenters. The maximum absolute atomic E-state index is 12.7. The Morgan fingerprint density at radius 3 is 3.00 bits per heavy atom. The molecule has 0 aromatic carbocycles. The van der Waals surface area contributed by atoms with Crippen molar-refractivity contribution in [3.05, 3.63) is 47.4 Å². The van der Waals surface area contributed by atoms with Crippen LogP contribution in [0.1, 0.15) is 49.0 Å². The number of ether oxygens (including phenoxy) is 1. The average Bonchev–Trinajstić information content (AvgIpc) is 3.32. The first-order valence-electron chi connectivity index (χ1n) is 10.9. The summed E-state index contributed by atoms with van der Waals surface area (Å²) < 4.78 is 5.30. The monoisotopic (exact) mass is 423 g/mol. The number of fused-ring (bicyclic) bond motifs is 1. The third-order valence-electron chi connectivity index (χ3n) is 5.69. The Morgan fingerprint density at radius 2 is 2.23 bits per heavy atom. The molecule has 8 nitrogen and oxygen atoms in total. The van der Waals surface area contributed by atoms with Gasteiger partial charge in [-0.15, -0.1) is 0 Å². The topological polar surface area (TPSA) is 87.1 Å². The van der Waals surface area contributed by atoms with Crippen molar-refractivity contribution in [2.45, 2.75) is 45.6 Å². The molecule has 164 valence electrons. The summed E-state index contributed by atoms with van der Waals surface area (Å²) in [6, 6.07) is 1.58. The summed E-state index contributed by atoms with van der Waals surface area (Å²) in [5.41, 5.74) is 3.37. The number of carbonyl (C=O) groups is 2. The third kappa shape index (κ3) is 4.69. The molecule has 31 heavy (non-hydrogen) atoms. The summed E-state index contributed by atoms with van der Waals surface area (Å²) in [6.07, 6.45) is 10.7. The molecule has 2 amide bonds. The van der Waals surface area contributed by atoms with Gasteiger partial charge in [0.15, 0.2) is 0 Å². The van der Waals surface area contributed by atoms with Gasteiger partial charge in [-0.25, -0.2) is 4.98 Å². The van der Waals surface area contributed by atoms with Crippen molar-refractivity contribution in [2.24, 2.45) is 4.99 Å². The third-order valence-corrected chi connectivity index (χ3v) is 5.69. The zero-order valence-corrected chi connectivity index (χ0v) is 18.1. The van der Waals surface area contributed by atoms with Gasteiger partial charge in [0.05, 0.1) is 12.2 Å². The van der Waals surface area contributed by atoms with E-state index in [1.54, 1.807) is 17.3 Å². The lowest BCUT2D eigenvalue weighted by Crippen LogP contribution is -2.31. The minimum Gasteiger partial charge on any atom is -0.359 e. The van der Waals surface area contributed by atoms with Crippen molar-refractivity contribution >= 4 is 23.3 Å². The minimum atomic E-state index is -0.375. The number of anilines is 1. The summed E-state index contributed by atoms with van der Waals surface area (Å²) in [5, 5.41) is 2.85. The summed E-state index contributed by atoms with van der Waals surface area (Å²) in [7, 11) is 0. The zero-order valence-electron chi connectivity index (χ0n) is 18.1. The number of nitrogens with one attached hydrogen (secondary N) is 1. The van der Waals surface area contributed by atoms with Crippen molar-refractivity contribution in [3.63, 3.8) is 0 Å². The molecule has 1 aromatic heterocycles. The first-order valence-corrected chi connectivity index (χ1v) is 10.9. The highest BCUT2D eigenvalue weighted by Gasteiger charge is 2.25. The van der Waals surface area contributed by atoms with Crippen LogP contribution in [0.4, 0.5) is 5.82 Å². The van der Waals surface area contributed by atoms with E-state index in [-0.39, 0.29) is 17.9 Å². The van der Waals surface area contributed by atoms with Crippen LogP contribution in [0, 0.1) is 0 Å². The lowest BCUT2D eigenvalue weighted by Gasteiger charge is -2.31. The summed E-state index contributed by atoms with van der Waals surface area (Å²) in [6.45, 7) is 6.31. The van der Waals surface area contributed by atoms with Gasteiger partial charge in [0.1, 0.15) is 18.6 Å². The lowest BCUT2D eigenvalue weighted by molar-refractivity contribution is -0.121. The molecule has 8 heteroatoms. The highest BCUT2D eigenvalue weighted by atomic mass is 16.5. The van der Waals surface area contributed by atoms with E-state index in [4.69, 9.17) is 4.74 Å². The van der Waals surface area contributed by atoms with Gasteiger partial charge >= 0.3 is 0 Å². The number of allylic oxidation sites excluding steroid dienone is 2. The molecule has 0 saturated carbocycles. The predicted octanol–water partition coefficient (Wildman–Crippen LogP) is 2.42. The first kappa shape index (κ1) is 21.2. The molecule has 1 saturated heterocycles. The van der Waals surface area contributed by atoms with E-state index >= 15 is 0 Å². The second-order valence-corrected chi connectivity index (χ2v) is 8.05. The minimum absolute atomic E-state index is 0.0425. The standard InChI is InChI=1S/C23H29N5O3/c1-3-5-20-22(29)24-8-7-19(12-16(2)26-20)28-9-4-6-17-13-18(14-25-21(17)28)23(30)27-10-11-31-15-27/h7-8,12-14,20H,3-6,9-11,15H2,1-2H3,(H,24,29)/b8-7-,19-12+,26-16+. The van der Waals surface area contributed by atoms with Gasteiger partial charge in [-0.05, 0) is 50.0 Å². The van der Waals surface area contributed by atoms with E-state index in [2.05, 4.69) is 20.2 Å².